The molecule has 0 unspecified atom stereocenters. The highest BCUT2D eigenvalue weighted by molar-refractivity contribution is 6.32. The zero-order valence-electron chi connectivity index (χ0n) is 19.2. The number of nitriles is 1. The lowest BCUT2D eigenvalue weighted by molar-refractivity contribution is 0.283. The van der Waals surface area contributed by atoms with Crippen LogP contribution >= 0.6 is 11.6 Å². The van der Waals surface area contributed by atoms with Crippen LogP contribution in [0.3, 0.4) is 0 Å². The summed E-state index contributed by atoms with van der Waals surface area (Å²) in [6.45, 7) is 10.7. The van der Waals surface area contributed by atoms with E-state index in [1.807, 2.05) is 53.9 Å². The van der Waals surface area contributed by atoms with E-state index >= 15 is 0 Å². The van der Waals surface area contributed by atoms with E-state index in [-0.39, 0.29) is 0 Å². The molecule has 1 aromatic heterocycles. The molecule has 0 radical (unpaired) electrons. The van der Waals surface area contributed by atoms with Crippen LogP contribution in [0, 0.1) is 18.3 Å². The van der Waals surface area contributed by atoms with E-state index in [1.54, 1.807) is 12.1 Å². The molecular weight excluding hydrogens is 450 g/mol. The third kappa shape index (κ3) is 5.63. The van der Waals surface area contributed by atoms with Crippen molar-refractivity contribution < 1.29 is 4.74 Å². The number of anilines is 1. The Balaban J connectivity index is 1.66. The first-order valence-corrected chi connectivity index (χ1v) is 10.9. The second-order valence-electron chi connectivity index (χ2n) is 7.49. The van der Waals surface area contributed by atoms with E-state index in [0.29, 0.717) is 42.1 Å². The molecule has 8 nitrogen and oxygen atoms in total. The first-order valence-electron chi connectivity index (χ1n) is 10.5. The van der Waals surface area contributed by atoms with Gasteiger partial charge in [0.1, 0.15) is 18.4 Å². The van der Waals surface area contributed by atoms with Crippen LogP contribution in [-0.2, 0) is 6.54 Å². The molecule has 0 saturated heterocycles. The molecule has 174 valence electrons. The van der Waals surface area contributed by atoms with Crippen LogP contribution in [0.5, 0.6) is 5.75 Å². The Labute approximate surface area is 204 Å². The van der Waals surface area contributed by atoms with E-state index in [2.05, 4.69) is 34.4 Å². The summed E-state index contributed by atoms with van der Waals surface area (Å²) in [5, 5.41) is 14.0. The van der Waals surface area contributed by atoms with Crippen molar-refractivity contribution in [3.8, 4) is 22.9 Å². The smallest absolute Gasteiger partial charge is 0.224 e. The van der Waals surface area contributed by atoms with Crippen LogP contribution in [-0.4, -0.2) is 47.6 Å². The molecule has 1 heterocycles. The van der Waals surface area contributed by atoms with Gasteiger partial charge in [-0.25, -0.2) is 9.98 Å². The predicted molar refractivity (Wildman–Crippen MR) is 137 cm³/mol. The fraction of sp³-hybridized carbons (Fsp3) is 0.200. The minimum Gasteiger partial charge on any atom is -0.492 e. The molecule has 2 aromatic carbocycles. The van der Waals surface area contributed by atoms with Gasteiger partial charge in [0.05, 0.1) is 23.7 Å². The SMILES string of the molecule is C=CN=C(N=C)N(C)CCOc1ccc(Cn2nc(N)c(-c3ccc(C#N)c(Cl)c3)c2C)cc1. The minimum atomic E-state index is 0.387. The minimum absolute atomic E-state index is 0.387. The van der Waals surface area contributed by atoms with Crippen LogP contribution in [0.4, 0.5) is 5.82 Å². The van der Waals surface area contributed by atoms with Gasteiger partial charge in [0.15, 0.2) is 5.82 Å². The number of hydrogen-bond donors (Lipinski definition) is 1. The normalized spacial score (nSPS) is 11.1. The lowest BCUT2D eigenvalue weighted by atomic mass is 10.0. The van der Waals surface area contributed by atoms with Gasteiger partial charge in [-0.1, -0.05) is 36.4 Å². The van der Waals surface area contributed by atoms with Crippen molar-refractivity contribution in [3.05, 3.63) is 77.1 Å². The fourth-order valence-electron chi connectivity index (χ4n) is 3.45. The maximum absolute atomic E-state index is 9.10. The number of nitrogens with zero attached hydrogens (tertiary/aromatic N) is 6. The number of ether oxygens (including phenoxy) is 1. The first kappa shape index (κ1) is 24.6. The number of likely N-dealkylation sites (N-methyl/N-ethyl adjacent to an activating group) is 1. The molecule has 34 heavy (non-hydrogen) atoms. The Bertz CT molecular complexity index is 1260. The van der Waals surface area contributed by atoms with Gasteiger partial charge in [-0.05, 0) is 49.0 Å². The molecule has 2 N–H and O–H groups in total. The zero-order valence-corrected chi connectivity index (χ0v) is 20.0. The highest BCUT2D eigenvalue weighted by atomic mass is 35.5. The average Bonchev–Trinajstić information content (AvgIpc) is 3.10. The highest BCUT2D eigenvalue weighted by Gasteiger charge is 2.16. The van der Waals surface area contributed by atoms with Crippen molar-refractivity contribution in [2.75, 3.05) is 25.9 Å². The Kier molecular flexibility index (Phi) is 8.06. The molecule has 3 rings (SSSR count). The molecule has 0 aliphatic carbocycles. The number of aromatic nitrogens is 2. The molecule has 0 fully saturated rings. The van der Waals surface area contributed by atoms with Crippen molar-refractivity contribution in [1.29, 1.82) is 5.26 Å². The molecule has 0 amide bonds. The van der Waals surface area contributed by atoms with Gasteiger partial charge < -0.3 is 15.4 Å². The van der Waals surface area contributed by atoms with Crippen molar-refractivity contribution in [1.82, 2.24) is 14.7 Å². The Morgan fingerprint density at radius 1 is 1.32 bits per heavy atom. The van der Waals surface area contributed by atoms with E-state index < -0.39 is 0 Å². The van der Waals surface area contributed by atoms with Crippen molar-refractivity contribution in [2.45, 2.75) is 13.5 Å². The summed E-state index contributed by atoms with van der Waals surface area (Å²) in [5.41, 5.74) is 10.2. The number of nitrogens with two attached hydrogens (primary N) is 1. The molecular formula is C25H26ClN7O. The van der Waals surface area contributed by atoms with Gasteiger partial charge in [0.2, 0.25) is 5.96 Å². The van der Waals surface area contributed by atoms with Crippen LogP contribution < -0.4 is 10.5 Å². The van der Waals surface area contributed by atoms with E-state index in [1.165, 1.54) is 6.20 Å². The second-order valence-corrected chi connectivity index (χ2v) is 7.90. The van der Waals surface area contributed by atoms with E-state index in [9.17, 15) is 0 Å². The highest BCUT2D eigenvalue weighted by Crippen LogP contribution is 2.32. The second kappa shape index (κ2) is 11.2. The lowest BCUT2D eigenvalue weighted by Crippen LogP contribution is -2.29. The largest absolute Gasteiger partial charge is 0.492 e. The summed E-state index contributed by atoms with van der Waals surface area (Å²) in [7, 11) is 1.86. The Morgan fingerprint density at radius 2 is 2.06 bits per heavy atom. The summed E-state index contributed by atoms with van der Waals surface area (Å²) in [6, 6.07) is 15.1. The molecule has 9 heteroatoms. The summed E-state index contributed by atoms with van der Waals surface area (Å²) in [6.07, 6.45) is 1.43. The van der Waals surface area contributed by atoms with Gasteiger partial charge in [-0.2, -0.15) is 10.4 Å². The average molecular weight is 476 g/mol. The number of rotatable bonds is 8. The maximum Gasteiger partial charge on any atom is 0.224 e. The first-order chi connectivity index (χ1) is 16.4. The number of aliphatic imine (C=N–C) groups is 2. The van der Waals surface area contributed by atoms with Gasteiger partial charge in [-0.15, -0.1) is 0 Å². The standard InChI is InChI=1S/C25H26ClN7O/c1-5-30-25(29-3)32(4)12-13-34-21-10-6-18(7-11-21)16-33-17(2)23(24(28)31-33)19-8-9-20(15-27)22(26)14-19/h5-11,14H,1,3,12-13,16H2,2,4H3,(H2,28,31). The summed E-state index contributed by atoms with van der Waals surface area (Å²) in [5.74, 6) is 1.66. The van der Waals surface area contributed by atoms with Crippen LogP contribution in [0.1, 0.15) is 16.8 Å². The molecule has 0 bridgehead atoms. The maximum atomic E-state index is 9.10. The van der Waals surface area contributed by atoms with Crippen LogP contribution in [0.25, 0.3) is 11.1 Å². The molecule has 0 saturated carbocycles. The van der Waals surface area contributed by atoms with Crippen molar-refractivity contribution in [3.63, 3.8) is 0 Å². The summed E-state index contributed by atoms with van der Waals surface area (Å²) < 4.78 is 7.68. The van der Waals surface area contributed by atoms with Gasteiger partial charge in [-0.3, -0.25) is 4.68 Å². The molecule has 0 aliphatic rings. The van der Waals surface area contributed by atoms with E-state index in [4.69, 9.17) is 27.3 Å². The molecule has 0 atom stereocenters. The van der Waals surface area contributed by atoms with Crippen molar-refractivity contribution >= 4 is 30.1 Å². The number of guanidine groups is 1. The third-order valence-electron chi connectivity index (χ3n) is 5.25. The fourth-order valence-corrected chi connectivity index (χ4v) is 3.67. The third-order valence-corrected chi connectivity index (χ3v) is 5.57. The Morgan fingerprint density at radius 3 is 2.68 bits per heavy atom. The molecule has 3 aromatic rings. The van der Waals surface area contributed by atoms with Crippen LogP contribution in [0.15, 0.2) is 65.2 Å². The zero-order chi connectivity index (χ0) is 24.7. The van der Waals surface area contributed by atoms with Gasteiger partial charge in [0, 0.05) is 24.5 Å². The monoisotopic (exact) mass is 475 g/mol. The number of halogens is 1. The summed E-state index contributed by atoms with van der Waals surface area (Å²) >= 11 is 6.20. The molecule has 0 aliphatic heterocycles. The molecule has 0 spiro atoms. The predicted octanol–water partition coefficient (Wildman–Crippen LogP) is 4.52. The number of benzene rings is 2. The quantitative estimate of drug-likeness (QED) is 0.380. The van der Waals surface area contributed by atoms with Gasteiger partial charge in [0.25, 0.3) is 0 Å². The number of nitrogen functional groups attached to an aromatic ring is 1. The van der Waals surface area contributed by atoms with Crippen molar-refractivity contribution in [2.24, 2.45) is 9.98 Å². The van der Waals surface area contributed by atoms with Gasteiger partial charge >= 0.3 is 0 Å². The van der Waals surface area contributed by atoms with E-state index in [0.717, 1.165) is 28.1 Å². The summed E-state index contributed by atoms with van der Waals surface area (Å²) in [4.78, 5) is 9.75. The van der Waals surface area contributed by atoms with Crippen LogP contribution in [0.2, 0.25) is 5.02 Å². The lowest BCUT2D eigenvalue weighted by Gasteiger charge is -2.17. The Hall–Kier alpha value is -4.09. The topological polar surface area (TPSA) is 105 Å². The number of hydrogen-bond acceptors (Lipinski definition) is 5.